The van der Waals surface area contributed by atoms with Crippen LogP contribution in [0.15, 0.2) is 27.6 Å². The Kier molecular flexibility index (Phi) is 4.96. The average molecular weight is 399 g/mol. The zero-order valence-electron chi connectivity index (χ0n) is 17.5. The minimum atomic E-state index is -0.330. The van der Waals surface area contributed by atoms with Crippen molar-refractivity contribution >= 4 is 11.7 Å². The fourth-order valence-electron chi connectivity index (χ4n) is 4.54. The molecule has 2 bridgehead atoms. The molecule has 2 aromatic heterocycles. The molecule has 1 unspecified atom stereocenters. The van der Waals surface area contributed by atoms with E-state index in [0.29, 0.717) is 24.5 Å². The Labute approximate surface area is 170 Å². The number of carbonyl (C=O) groups is 1. The van der Waals surface area contributed by atoms with E-state index in [1.54, 1.807) is 0 Å². The number of nitrogens with one attached hydrogen (secondary N) is 1. The highest BCUT2D eigenvalue weighted by Crippen LogP contribution is 2.41. The van der Waals surface area contributed by atoms with Gasteiger partial charge in [-0.15, -0.1) is 0 Å². The quantitative estimate of drug-likeness (QED) is 0.848. The summed E-state index contributed by atoms with van der Waals surface area (Å²) in [5.41, 5.74) is -0.398. The van der Waals surface area contributed by atoms with Gasteiger partial charge in [0.15, 0.2) is 0 Å². The lowest BCUT2D eigenvalue weighted by Crippen LogP contribution is -2.46. The van der Waals surface area contributed by atoms with E-state index >= 15 is 0 Å². The monoisotopic (exact) mass is 399 g/mol. The number of carbonyl (C=O) groups excluding carboxylic acids is 1. The van der Waals surface area contributed by atoms with Gasteiger partial charge in [-0.2, -0.15) is 4.74 Å². The van der Waals surface area contributed by atoms with Gasteiger partial charge in [0.1, 0.15) is 11.6 Å². The zero-order valence-corrected chi connectivity index (χ0v) is 17.5. The summed E-state index contributed by atoms with van der Waals surface area (Å²) in [6, 6.07) is 4.12. The summed E-state index contributed by atoms with van der Waals surface area (Å²) in [6.07, 6.45) is 6.20. The van der Waals surface area contributed by atoms with E-state index in [1.165, 1.54) is 13.1 Å². The van der Waals surface area contributed by atoms with Gasteiger partial charge in [-0.1, -0.05) is 20.8 Å². The molecule has 8 nitrogen and oxygen atoms in total. The predicted octanol–water partition coefficient (Wildman–Crippen LogP) is 2.24. The van der Waals surface area contributed by atoms with E-state index in [1.807, 2.05) is 12.3 Å². The summed E-state index contributed by atoms with van der Waals surface area (Å²) in [5.74, 6) is 2.03. The van der Waals surface area contributed by atoms with E-state index < -0.39 is 0 Å². The molecule has 2 saturated heterocycles. The van der Waals surface area contributed by atoms with Crippen LogP contribution in [0, 0.1) is 5.92 Å². The van der Waals surface area contributed by atoms with Gasteiger partial charge in [0, 0.05) is 37.3 Å². The van der Waals surface area contributed by atoms with Crippen LogP contribution in [-0.4, -0.2) is 39.2 Å². The van der Waals surface area contributed by atoms with Crippen molar-refractivity contribution in [1.29, 1.82) is 0 Å². The summed E-state index contributed by atoms with van der Waals surface area (Å²) < 4.78 is 6.21. The number of anilines is 1. The van der Waals surface area contributed by atoms with Gasteiger partial charge in [0.25, 0.3) is 11.5 Å². The SMILES string of the molecule is Cn1oc(C(=O)NCC2C[C@H]3CC[C@@H](C2)N3c2ccnc(C(C)(C)C)n2)cc1=O. The zero-order chi connectivity index (χ0) is 20.8. The first-order chi connectivity index (χ1) is 13.7. The second-order valence-corrected chi connectivity index (χ2v) is 9.26. The average Bonchev–Trinajstić information content (AvgIpc) is 3.15. The number of nitrogens with zero attached hydrogens (tertiary/aromatic N) is 4. The maximum Gasteiger partial charge on any atom is 0.289 e. The number of hydrogen-bond acceptors (Lipinski definition) is 6. The number of hydrogen-bond donors (Lipinski definition) is 1. The van der Waals surface area contributed by atoms with Crippen molar-refractivity contribution in [2.24, 2.45) is 13.0 Å². The Morgan fingerprint density at radius 2 is 1.97 bits per heavy atom. The predicted molar refractivity (Wildman–Crippen MR) is 109 cm³/mol. The molecule has 4 rings (SSSR count). The van der Waals surface area contributed by atoms with Gasteiger partial charge in [0.2, 0.25) is 5.76 Å². The lowest BCUT2D eigenvalue weighted by molar-refractivity contribution is 0.0893. The van der Waals surface area contributed by atoms with Crippen molar-refractivity contribution in [3.05, 3.63) is 40.3 Å². The third-order valence-electron chi connectivity index (χ3n) is 5.98. The molecule has 4 heterocycles. The molecule has 156 valence electrons. The van der Waals surface area contributed by atoms with Crippen LogP contribution in [0.4, 0.5) is 5.82 Å². The van der Waals surface area contributed by atoms with Gasteiger partial charge in [0.05, 0.1) is 6.07 Å². The van der Waals surface area contributed by atoms with Crippen molar-refractivity contribution in [2.45, 2.75) is 64.0 Å². The lowest BCUT2D eigenvalue weighted by atomic mass is 9.90. The number of piperidine rings is 1. The molecule has 0 radical (unpaired) electrons. The first-order valence-electron chi connectivity index (χ1n) is 10.3. The number of amides is 1. The summed E-state index contributed by atoms with van der Waals surface area (Å²) in [6.45, 7) is 6.98. The van der Waals surface area contributed by atoms with Crippen molar-refractivity contribution in [3.63, 3.8) is 0 Å². The number of aryl methyl sites for hydroxylation is 1. The summed E-state index contributed by atoms with van der Waals surface area (Å²) in [5, 5.41) is 2.93. The van der Waals surface area contributed by atoms with Gasteiger partial charge in [-0.25, -0.2) is 9.97 Å². The van der Waals surface area contributed by atoms with E-state index in [0.717, 1.165) is 42.1 Å². The molecule has 0 saturated carbocycles. The summed E-state index contributed by atoms with van der Waals surface area (Å²) in [4.78, 5) is 35.5. The number of fused-ring (bicyclic) bond motifs is 2. The third kappa shape index (κ3) is 3.93. The van der Waals surface area contributed by atoms with Crippen molar-refractivity contribution in [2.75, 3.05) is 11.4 Å². The van der Waals surface area contributed by atoms with Crippen LogP contribution < -0.4 is 15.8 Å². The van der Waals surface area contributed by atoms with Crippen LogP contribution in [0.5, 0.6) is 0 Å². The highest BCUT2D eigenvalue weighted by Gasteiger charge is 2.41. The topological polar surface area (TPSA) is 93.3 Å². The van der Waals surface area contributed by atoms with Crippen LogP contribution in [-0.2, 0) is 12.5 Å². The van der Waals surface area contributed by atoms with Gasteiger partial charge < -0.3 is 14.7 Å². The molecule has 1 amide bonds. The molecule has 0 aliphatic carbocycles. The highest BCUT2D eigenvalue weighted by atomic mass is 16.5. The molecular formula is C21H29N5O3. The van der Waals surface area contributed by atoms with Gasteiger partial charge in [-0.05, 0) is 37.7 Å². The Morgan fingerprint density at radius 3 is 2.55 bits per heavy atom. The lowest BCUT2D eigenvalue weighted by Gasteiger charge is -2.40. The maximum atomic E-state index is 12.3. The molecule has 29 heavy (non-hydrogen) atoms. The van der Waals surface area contributed by atoms with Crippen LogP contribution in [0.2, 0.25) is 0 Å². The van der Waals surface area contributed by atoms with E-state index in [4.69, 9.17) is 9.51 Å². The van der Waals surface area contributed by atoms with Crippen molar-refractivity contribution in [1.82, 2.24) is 20.0 Å². The largest absolute Gasteiger partial charge is 0.371 e. The van der Waals surface area contributed by atoms with Crippen molar-refractivity contribution in [3.8, 4) is 0 Å². The molecular weight excluding hydrogens is 370 g/mol. The number of aromatic nitrogens is 3. The molecule has 3 atom stereocenters. The standard InChI is InChI=1S/C21H29N5O3/c1-21(2,3)20-22-8-7-17(24-20)26-14-5-6-15(26)10-13(9-14)12-23-19(28)16-11-18(27)25(4)29-16/h7-8,11,13-15H,5-6,9-10,12H2,1-4H3,(H,23,28)/t13?,14-,15+. The summed E-state index contributed by atoms with van der Waals surface area (Å²) in [7, 11) is 1.49. The summed E-state index contributed by atoms with van der Waals surface area (Å²) >= 11 is 0. The van der Waals surface area contributed by atoms with Gasteiger partial charge >= 0.3 is 0 Å². The van der Waals surface area contributed by atoms with Crippen LogP contribution in [0.25, 0.3) is 0 Å². The first kappa shape index (κ1) is 19.7. The smallest absolute Gasteiger partial charge is 0.289 e. The molecule has 1 N–H and O–H groups in total. The highest BCUT2D eigenvalue weighted by molar-refractivity contribution is 5.91. The normalized spacial score (nSPS) is 24.0. The Bertz CT molecular complexity index is 944. The van der Waals surface area contributed by atoms with E-state index in [2.05, 4.69) is 36.0 Å². The molecule has 0 aromatic carbocycles. The molecule has 2 fully saturated rings. The minimum Gasteiger partial charge on any atom is -0.371 e. The maximum absolute atomic E-state index is 12.3. The minimum absolute atomic E-state index is 0.0635. The van der Waals surface area contributed by atoms with Crippen LogP contribution in [0.1, 0.15) is 62.8 Å². The fraction of sp³-hybridized carbons (Fsp3) is 0.619. The van der Waals surface area contributed by atoms with Crippen molar-refractivity contribution < 1.29 is 9.32 Å². The second-order valence-electron chi connectivity index (χ2n) is 9.26. The molecule has 0 spiro atoms. The molecule has 2 aromatic rings. The first-order valence-corrected chi connectivity index (χ1v) is 10.3. The van der Waals surface area contributed by atoms with Gasteiger partial charge in [-0.3, -0.25) is 9.59 Å². The Balaban J connectivity index is 1.40. The molecule has 2 aliphatic heterocycles. The number of rotatable bonds is 4. The van der Waals surface area contributed by atoms with Crippen LogP contribution >= 0.6 is 0 Å². The van der Waals surface area contributed by atoms with Crippen LogP contribution in [0.3, 0.4) is 0 Å². The Morgan fingerprint density at radius 1 is 1.28 bits per heavy atom. The van der Waals surface area contributed by atoms with E-state index in [-0.39, 0.29) is 22.6 Å². The fourth-order valence-corrected chi connectivity index (χ4v) is 4.54. The molecule has 2 aliphatic rings. The second kappa shape index (κ2) is 7.31. The third-order valence-corrected chi connectivity index (χ3v) is 5.98. The van der Waals surface area contributed by atoms with E-state index in [9.17, 15) is 9.59 Å². The Hall–Kier alpha value is -2.64. The molecule has 8 heteroatoms.